The molecule has 0 saturated carbocycles. The molecule has 0 radical (unpaired) electrons. The van der Waals surface area contributed by atoms with E-state index in [9.17, 15) is 14.5 Å². The highest BCUT2D eigenvalue weighted by molar-refractivity contribution is 5.87. The Hall–Kier alpha value is -1.98. The van der Waals surface area contributed by atoms with E-state index in [0.29, 0.717) is 0 Å². The second-order valence-electron chi connectivity index (χ2n) is 2.89. The van der Waals surface area contributed by atoms with Crippen LogP contribution >= 0.6 is 0 Å². The van der Waals surface area contributed by atoms with Gasteiger partial charge in [0.2, 0.25) is 0 Å². The maximum atomic E-state index is 13.1. The lowest BCUT2D eigenvalue weighted by atomic mass is 10.2. The highest BCUT2D eigenvalue weighted by Gasteiger charge is 2.16. The van der Waals surface area contributed by atoms with Crippen molar-refractivity contribution in [1.82, 2.24) is 9.78 Å². The molecule has 0 N–H and O–H groups in total. The third kappa shape index (κ3) is 1.12. The topological polar surface area (TPSA) is 61.0 Å². The average molecular weight is 195 g/mol. The number of nitro benzene ring substituents is 1. The highest BCUT2D eigenvalue weighted by atomic mass is 19.1. The van der Waals surface area contributed by atoms with Gasteiger partial charge in [-0.25, -0.2) is 4.39 Å². The molecule has 0 atom stereocenters. The number of benzene rings is 1. The predicted octanol–water partition coefficient (Wildman–Crippen LogP) is 1.62. The SMILES string of the molecule is Cn1cc2c([N+](=O)[O-])ccc(F)c2n1. The molecule has 0 aliphatic heterocycles. The summed E-state index contributed by atoms with van der Waals surface area (Å²) in [6.07, 6.45) is 1.43. The van der Waals surface area contributed by atoms with Gasteiger partial charge in [-0.1, -0.05) is 0 Å². The van der Waals surface area contributed by atoms with Crippen LogP contribution in [0.2, 0.25) is 0 Å². The van der Waals surface area contributed by atoms with Gasteiger partial charge < -0.3 is 0 Å². The summed E-state index contributed by atoms with van der Waals surface area (Å²) in [7, 11) is 1.59. The number of hydrogen-bond acceptors (Lipinski definition) is 3. The average Bonchev–Trinajstić information content (AvgIpc) is 2.47. The zero-order chi connectivity index (χ0) is 10.3. The minimum atomic E-state index is -0.552. The maximum absolute atomic E-state index is 13.1. The molecule has 0 aliphatic rings. The van der Waals surface area contributed by atoms with E-state index in [2.05, 4.69) is 5.10 Å². The molecule has 0 unspecified atom stereocenters. The van der Waals surface area contributed by atoms with E-state index in [-0.39, 0.29) is 16.6 Å². The minimum absolute atomic E-state index is 0.0294. The third-order valence-corrected chi connectivity index (χ3v) is 1.92. The summed E-state index contributed by atoms with van der Waals surface area (Å²) in [5, 5.41) is 14.6. The first kappa shape index (κ1) is 8.61. The number of nitro groups is 1. The Balaban J connectivity index is 2.87. The Kier molecular flexibility index (Phi) is 1.70. The van der Waals surface area contributed by atoms with Gasteiger partial charge in [0.1, 0.15) is 10.9 Å². The first-order chi connectivity index (χ1) is 6.59. The van der Waals surface area contributed by atoms with E-state index in [4.69, 9.17) is 0 Å². The fourth-order valence-electron chi connectivity index (χ4n) is 1.33. The van der Waals surface area contributed by atoms with Crippen LogP contribution in [0.1, 0.15) is 0 Å². The smallest absolute Gasteiger partial charge is 0.274 e. The van der Waals surface area contributed by atoms with Gasteiger partial charge >= 0.3 is 0 Å². The summed E-state index contributed by atoms with van der Waals surface area (Å²) in [6.45, 7) is 0. The number of aromatic nitrogens is 2. The molecule has 1 aromatic heterocycles. The summed E-state index contributed by atoms with van der Waals surface area (Å²) in [4.78, 5) is 10.0. The van der Waals surface area contributed by atoms with Crippen LogP contribution in [0.25, 0.3) is 10.9 Å². The molecule has 0 fully saturated rings. The summed E-state index contributed by atoms with van der Waals surface area (Å²) in [5.41, 5.74) is -0.101. The van der Waals surface area contributed by atoms with E-state index in [1.807, 2.05) is 0 Å². The summed E-state index contributed by atoms with van der Waals surface area (Å²) in [6, 6.07) is 2.19. The molecule has 5 nitrogen and oxygen atoms in total. The molecule has 1 aromatic carbocycles. The molecular weight excluding hydrogens is 189 g/mol. The lowest BCUT2D eigenvalue weighted by molar-refractivity contribution is -0.383. The number of fused-ring (bicyclic) bond motifs is 1. The van der Waals surface area contributed by atoms with Crippen molar-refractivity contribution in [2.24, 2.45) is 7.05 Å². The van der Waals surface area contributed by atoms with Gasteiger partial charge in [-0.15, -0.1) is 0 Å². The molecule has 0 aliphatic carbocycles. The van der Waals surface area contributed by atoms with E-state index < -0.39 is 10.7 Å². The summed E-state index contributed by atoms with van der Waals surface area (Å²) < 4.78 is 14.5. The standard InChI is InChI=1S/C8H6FN3O2/c1-11-4-5-7(12(13)14)3-2-6(9)8(5)10-11/h2-4H,1H3. The van der Waals surface area contributed by atoms with E-state index in [1.54, 1.807) is 7.05 Å². The number of non-ortho nitro benzene ring substituents is 1. The molecule has 2 rings (SSSR count). The molecule has 2 aromatic rings. The largest absolute Gasteiger partial charge is 0.280 e. The third-order valence-electron chi connectivity index (χ3n) is 1.92. The second-order valence-corrected chi connectivity index (χ2v) is 2.89. The zero-order valence-corrected chi connectivity index (χ0v) is 7.27. The molecule has 6 heteroatoms. The number of nitrogens with zero attached hydrogens (tertiary/aromatic N) is 3. The summed E-state index contributed by atoms with van der Waals surface area (Å²) >= 11 is 0. The monoisotopic (exact) mass is 195 g/mol. The van der Waals surface area contributed by atoms with Crippen LogP contribution in [0, 0.1) is 15.9 Å². The Morgan fingerprint density at radius 2 is 2.29 bits per heavy atom. The first-order valence-electron chi connectivity index (χ1n) is 3.86. The molecule has 0 saturated heterocycles. The van der Waals surface area contributed by atoms with Crippen molar-refractivity contribution < 1.29 is 9.31 Å². The van der Waals surface area contributed by atoms with Gasteiger partial charge in [0, 0.05) is 19.3 Å². The molecule has 0 spiro atoms. The lowest BCUT2D eigenvalue weighted by Crippen LogP contribution is -1.89. The van der Waals surface area contributed by atoms with Gasteiger partial charge in [0.15, 0.2) is 5.82 Å². The van der Waals surface area contributed by atoms with E-state index in [0.717, 1.165) is 12.1 Å². The van der Waals surface area contributed by atoms with Crippen molar-refractivity contribution in [2.75, 3.05) is 0 Å². The van der Waals surface area contributed by atoms with E-state index in [1.165, 1.54) is 10.9 Å². The van der Waals surface area contributed by atoms with Gasteiger partial charge in [-0.05, 0) is 6.07 Å². The maximum Gasteiger partial charge on any atom is 0.280 e. The Labute approximate surface area is 77.9 Å². The van der Waals surface area contributed by atoms with Crippen molar-refractivity contribution in [3.63, 3.8) is 0 Å². The quantitative estimate of drug-likeness (QED) is 0.513. The van der Waals surface area contributed by atoms with E-state index >= 15 is 0 Å². The van der Waals surface area contributed by atoms with Gasteiger partial charge in [0.05, 0.1) is 4.92 Å². The Bertz CT molecular complexity index is 521. The molecule has 14 heavy (non-hydrogen) atoms. The van der Waals surface area contributed by atoms with Crippen LogP contribution in [0.5, 0.6) is 0 Å². The minimum Gasteiger partial charge on any atom is -0.274 e. The van der Waals surface area contributed by atoms with Crippen LogP contribution in [0.4, 0.5) is 10.1 Å². The molecular formula is C8H6FN3O2. The molecule has 0 amide bonds. The number of hydrogen-bond donors (Lipinski definition) is 0. The fourth-order valence-corrected chi connectivity index (χ4v) is 1.33. The Morgan fingerprint density at radius 1 is 1.57 bits per heavy atom. The van der Waals surface area contributed by atoms with Crippen LogP contribution in [-0.4, -0.2) is 14.7 Å². The zero-order valence-electron chi connectivity index (χ0n) is 7.27. The normalized spacial score (nSPS) is 10.7. The fraction of sp³-hybridized carbons (Fsp3) is 0.125. The number of halogens is 1. The molecule has 72 valence electrons. The predicted molar refractivity (Wildman–Crippen MR) is 47.3 cm³/mol. The van der Waals surface area contributed by atoms with Crippen LogP contribution in [-0.2, 0) is 7.05 Å². The van der Waals surface area contributed by atoms with Crippen LogP contribution in [0.3, 0.4) is 0 Å². The van der Waals surface area contributed by atoms with Crippen LogP contribution < -0.4 is 0 Å². The molecule has 1 heterocycles. The van der Waals surface area contributed by atoms with Crippen molar-refractivity contribution >= 4 is 16.6 Å². The van der Waals surface area contributed by atoms with Gasteiger partial charge in [-0.2, -0.15) is 5.10 Å². The second kappa shape index (κ2) is 2.76. The van der Waals surface area contributed by atoms with Crippen molar-refractivity contribution in [2.45, 2.75) is 0 Å². The first-order valence-corrected chi connectivity index (χ1v) is 3.86. The highest BCUT2D eigenvalue weighted by Crippen LogP contribution is 2.26. The molecule has 0 bridgehead atoms. The number of rotatable bonds is 1. The lowest BCUT2D eigenvalue weighted by Gasteiger charge is -1.92. The van der Waals surface area contributed by atoms with Gasteiger partial charge in [0.25, 0.3) is 5.69 Å². The Morgan fingerprint density at radius 3 is 2.93 bits per heavy atom. The summed E-state index contributed by atoms with van der Waals surface area (Å²) in [5.74, 6) is -0.550. The van der Waals surface area contributed by atoms with Crippen LogP contribution in [0.15, 0.2) is 18.3 Å². The van der Waals surface area contributed by atoms with Crippen molar-refractivity contribution in [1.29, 1.82) is 0 Å². The van der Waals surface area contributed by atoms with Crippen molar-refractivity contribution in [3.8, 4) is 0 Å². The number of aryl methyl sites for hydroxylation is 1. The van der Waals surface area contributed by atoms with Gasteiger partial charge in [-0.3, -0.25) is 14.8 Å². The van der Waals surface area contributed by atoms with Crippen molar-refractivity contribution in [3.05, 3.63) is 34.3 Å².